The predicted molar refractivity (Wildman–Crippen MR) is 80.4 cm³/mol. The van der Waals surface area contributed by atoms with Crippen molar-refractivity contribution in [1.82, 2.24) is 0 Å². The van der Waals surface area contributed by atoms with Crippen LogP contribution in [0.25, 0.3) is 6.08 Å². The van der Waals surface area contributed by atoms with Gasteiger partial charge in [-0.25, -0.2) is 14.4 Å². The smallest absolute Gasteiger partial charge is 0.423 e. The van der Waals surface area contributed by atoms with Crippen molar-refractivity contribution < 1.29 is 33.5 Å². The molecule has 0 aliphatic rings. The van der Waals surface area contributed by atoms with E-state index in [2.05, 4.69) is 9.47 Å². The van der Waals surface area contributed by atoms with Crippen LogP contribution < -0.4 is 0 Å². The third kappa shape index (κ3) is 5.20. The highest BCUT2D eigenvalue weighted by atomic mass is 16.6. The number of nitrogens with zero attached hydrogens (tertiary/aromatic N) is 1. The molecule has 0 radical (unpaired) electrons. The molecule has 0 saturated heterocycles. The molecule has 24 heavy (non-hydrogen) atoms. The van der Waals surface area contributed by atoms with Crippen molar-refractivity contribution in [3.8, 4) is 0 Å². The minimum absolute atomic E-state index is 0.00205. The van der Waals surface area contributed by atoms with Gasteiger partial charge in [0.25, 0.3) is 5.69 Å². The summed E-state index contributed by atoms with van der Waals surface area (Å²) in [5.41, 5.74) is -0.311. The Morgan fingerprint density at radius 2 is 1.62 bits per heavy atom. The Morgan fingerprint density at radius 3 is 2.21 bits per heavy atom. The Bertz CT molecular complexity index is 680. The zero-order chi connectivity index (χ0) is 18.1. The topological polar surface area (TPSA) is 122 Å². The van der Waals surface area contributed by atoms with Crippen LogP contribution in [0.3, 0.4) is 0 Å². The van der Waals surface area contributed by atoms with Crippen LogP contribution in [0.1, 0.15) is 19.4 Å². The number of rotatable bonds is 6. The molecular weight excluding hydrogens is 322 g/mol. The van der Waals surface area contributed by atoms with Crippen molar-refractivity contribution in [2.24, 2.45) is 0 Å². The average Bonchev–Trinajstić information content (AvgIpc) is 2.54. The van der Waals surface area contributed by atoms with Gasteiger partial charge in [0.2, 0.25) is 5.76 Å². The Kier molecular flexibility index (Phi) is 7.08. The lowest BCUT2D eigenvalue weighted by atomic mass is 10.1. The van der Waals surface area contributed by atoms with E-state index in [4.69, 9.17) is 4.74 Å². The summed E-state index contributed by atoms with van der Waals surface area (Å²) in [6.45, 7) is 2.93. The summed E-state index contributed by atoms with van der Waals surface area (Å²) in [5.74, 6) is -4.44. The van der Waals surface area contributed by atoms with Crippen LogP contribution in [0.5, 0.6) is 0 Å². The normalized spacial score (nSPS) is 10.7. The molecule has 0 saturated carbocycles. The second-order valence-corrected chi connectivity index (χ2v) is 4.15. The molecule has 0 aliphatic heterocycles. The number of carbonyl (C=O) groups excluding carboxylic acids is 3. The highest BCUT2D eigenvalue weighted by Gasteiger charge is 2.24. The van der Waals surface area contributed by atoms with Crippen LogP contribution in [0.2, 0.25) is 0 Å². The Balaban J connectivity index is 3.19. The standard InChI is InChI=1S/C15H15NO8/c1-3-22-13(17)12(24-15(19)14(18)23-4-2)9-10-7-5-6-8-11(10)16(20)21/h5-9H,3-4H2,1-2H3/b12-9-. The Labute approximate surface area is 137 Å². The second-order valence-electron chi connectivity index (χ2n) is 4.15. The first-order chi connectivity index (χ1) is 11.4. The van der Waals surface area contributed by atoms with Gasteiger partial charge in [-0.3, -0.25) is 10.1 Å². The van der Waals surface area contributed by atoms with Crippen LogP contribution >= 0.6 is 0 Å². The fourth-order valence-corrected chi connectivity index (χ4v) is 1.58. The minimum atomic E-state index is -1.44. The summed E-state index contributed by atoms with van der Waals surface area (Å²) >= 11 is 0. The van der Waals surface area contributed by atoms with Crippen molar-refractivity contribution in [1.29, 1.82) is 0 Å². The number of nitro groups is 1. The largest absolute Gasteiger partial charge is 0.460 e. The summed E-state index contributed by atoms with van der Waals surface area (Å²) in [5, 5.41) is 11.0. The zero-order valence-corrected chi connectivity index (χ0v) is 13.0. The van der Waals surface area contributed by atoms with E-state index in [1.807, 2.05) is 0 Å². The molecule has 0 spiro atoms. The van der Waals surface area contributed by atoms with Gasteiger partial charge in [0, 0.05) is 12.1 Å². The van der Waals surface area contributed by atoms with E-state index in [-0.39, 0.29) is 24.5 Å². The van der Waals surface area contributed by atoms with Gasteiger partial charge >= 0.3 is 17.9 Å². The second kappa shape index (κ2) is 9.03. The maximum atomic E-state index is 11.9. The van der Waals surface area contributed by atoms with Crippen molar-refractivity contribution in [3.05, 3.63) is 45.7 Å². The molecule has 0 N–H and O–H groups in total. The first-order valence-electron chi connectivity index (χ1n) is 6.91. The van der Waals surface area contributed by atoms with E-state index in [1.54, 1.807) is 0 Å². The van der Waals surface area contributed by atoms with E-state index < -0.39 is 28.6 Å². The molecule has 1 rings (SSSR count). The highest BCUT2D eigenvalue weighted by Crippen LogP contribution is 2.21. The number of hydrogen-bond acceptors (Lipinski definition) is 8. The third-order valence-electron chi connectivity index (χ3n) is 2.54. The lowest BCUT2D eigenvalue weighted by Crippen LogP contribution is -2.23. The van der Waals surface area contributed by atoms with Gasteiger partial charge in [-0.1, -0.05) is 12.1 Å². The van der Waals surface area contributed by atoms with E-state index in [0.717, 1.165) is 6.08 Å². The molecular formula is C15H15NO8. The first-order valence-corrected chi connectivity index (χ1v) is 6.91. The quantitative estimate of drug-likeness (QED) is 0.146. The van der Waals surface area contributed by atoms with Gasteiger partial charge in [0.15, 0.2) is 0 Å². The predicted octanol–water partition coefficient (Wildman–Crippen LogP) is 1.61. The highest BCUT2D eigenvalue weighted by molar-refractivity contribution is 6.30. The van der Waals surface area contributed by atoms with Crippen molar-refractivity contribution in [2.75, 3.05) is 13.2 Å². The molecule has 0 fully saturated rings. The van der Waals surface area contributed by atoms with E-state index in [9.17, 15) is 24.5 Å². The summed E-state index contributed by atoms with van der Waals surface area (Å²) in [6, 6.07) is 5.48. The molecule has 9 nitrogen and oxygen atoms in total. The summed E-state index contributed by atoms with van der Waals surface area (Å²) in [4.78, 5) is 45.1. The molecule has 128 valence electrons. The van der Waals surface area contributed by atoms with Crippen LogP contribution in [0.4, 0.5) is 5.69 Å². The number of esters is 3. The molecule has 0 heterocycles. The summed E-state index contributed by atoms with van der Waals surface area (Å²) in [7, 11) is 0. The van der Waals surface area contributed by atoms with Gasteiger partial charge in [-0.05, 0) is 19.9 Å². The van der Waals surface area contributed by atoms with Crippen LogP contribution in [-0.2, 0) is 28.6 Å². The van der Waals surface area contributed by atoms with Crippen LogP contribution in [-0.4, -0.2) is 36.0 Å². The van der Waals surface area contributed by atoms with E-state index in [1.165, 1.54) is 38.1 Å². The van der Waals surface area contributed by atoms with Crippen LogP contribution in [0.15, 0.2) is 30.0 Å². The fraction of sp³-hybridized carbons (Fsp3) is 0.267. The summed E-state index contributed by atoms with van der Waals surface area (Å²) in [6.07, 6.45) is 0.952. The van der Waals surface area contributed by atoms with E-state index >= 15 is 0 Å². The number of ether oxygens (including phenoxy) is 3. The molecule has 9 heteroatoms. The van der Waals surface area contributed by atoms with Crippen LogP contribution in [0, 0.1) is 10.1 Å². The number of nitro benzene ring substituents is 1. The molecule has 0 bridgehead atoms. The third-order valence-corrected chi connectivity index (χ3v) is 2.54. The minimum Gasteiger partial charge on any atom is -0.460 e. The van der Waals surface area contributed by atoms with Gasteiger partial charge < -0.3 is 14.2 Å². The molecule has 0 aliphatic carbocycles. The molecule has 1 aromatic rings. The van der Waals surface area contributed by atoms with Crippen molar-refractivity contribution in [3.63, 3.8) is 0 Å². The van der Waals surface area contributed by atoms with Gasteiger partial charge in [-0.15, -0.1) is 0 Å². The first kappa shape index (κ1) is 18.8. The SMILES string of the molecule is CCOC(=O)C(=O)O/C(=C\c1ccccc1[N+](=O)[O-])C(=O)OCC. The Hall–Kier alpha value is -3.23. The number of carbonyl (C=O) groups is 3. The maximum Gasteiger partial charge on any atom is 0.423 e. The number of hydrogen-bond donors (Lipinski definition) is 0. The monoisotopic (exact) mass is 337 g/mol. The molecule has 0 aromatic heterocycles. The van der Waals surface area contributed by atoms with Crippen molar-refractivity contribution in [2.45, 2.75) is 13.8 Å². The zero-order valence-electron chi connectivity index (χ0n) is 13.0. The van der Waals surface area contributed by atoms with Crippen molar-refractivity contribution >= 4 is 29.7 Å². The fourth-order valence-electron chi connectivity index (χ4n) is 1.58. The molecule has 0 unspecified atom stereocenters. The Morgan fingerprint density at radius 1 is 1.04 bits per heavy atom. The lowest BCUT2D eigenvalue weighted by Gasteiger charge is -2.08. The summed E-state index contributed by atoms with van der Waals surface area (Å²) < 4.78 is 13.8. The van der Waals surface area contributed by atoms with Gasteiger partial charge in [0.1, 0.15) is 0 Å². The number of benzene rings is 1. The molecule has 1 aromatic carbocycles. The molecule has 0 atom stereocenters. The van der Waals surface area contributed by atoms with E-state index in [0.29, 0.717) is 0 Å². The van der Waals surface area contributed by atoms with Gasteiger partial charge in [0.05, 0.1) is 23.7 Å². The maximum absolute atomic E-state index is 11.9. The van der Waals surface area contributed by atoms with Gasteiger partial charge in [-0.2, -0.15) is 0 Å². The lowest BCUT2D eigenvalue weighted by molar-refractivity contribution is -0.385. The number of para-hydroxylation sites is 1. The molecule has 0 amide bonds. The average molecular weight is 337 g/mol.